The average Bonchev–Trinajstić information content (AvgIpc) is 2.95. The quantitative estimate of drug-likeness (QED) is 0.223. The highest BCUT2D eigenvalue weighted by Gasteiger charge is 2.22. The SMILES string of the molecule is C[C@H](C(=O)N(C)CC[C@@H](Oc1ccc(CF)cc1)c1ccccc1)c1ccc(-c2ccccc2)c(F)c1. The molecule has 0 saturated heterocycles. The molecule has 0 aliphatic rings. The van der Waals surface area contributed by atoms with Crippen LogP contribution < -0.4 is 4.74 Å². The van der Waals surface area contributed by atoms with Gasteiger partial charge in [-0.15, -0.1) is 0 Å². The normalized spacial score (nSPS) is 12.5. The lowest BCUT2D eigenvalue weighted by atomic mass is 9.96. The standard InChI is InChI=1S/C32H31F2NO2/c1-23(27-15-18-29(30(34)21-27)25-9-5-3-6-10-25)32(36)35(2)20-19-31(26-11-7-4-8-12-26)37-28-16-13-24(22-33)14-17-28/h3-18,21,23,31H,19-20,22H2,1-2H3/t23-,31+/m0/s1. The molecule has 2 atom stereocenters. The molecular weight excluding hydrogens is 468 g/mol. The van der Waals surface area contributed by atoms with Gasteiger partial charge in [0.25, 0.3) is 0 Å². The summed E-state index contributed by atoms with van der Waals surface area (Å²) in [4.78, 5) is 14.9. The number of benzene rings is 4. The topological polar surface area (TPSA) is 29.5 Å². The summed E-state index contributed by atoms with van der Waals surface area (Å²) in [5.41, 5.74) is 3.53. The first-order valence-corrected chi connectivity index (χ1v) is 12.4. The molecular formula is C32H31F2NO2. The van der Waals surface area contributed by atoms with Gasteiger partial charge in [-0.05, 0) is 47.4 Å². The van der Waals surface area contributed by atoms with Crippen LogP contribution in [0, 0.1) is 5.82 Å². The van der Waals surface area contributed by atoms with Gasteiger partial charge >= 0.3 is 0 Å². The summed E-state index contributed by atoms with van der Waals surface area (Å²) in [6.45, 7) is 1.73. The van der Waals surface area contributed by atoms with Crippen molar-refractivity contribution < 1.29 is 18.3 Å². The van der Waals surface area contributed by atoms with Crippen molar-refractivity contribution in [1.82, 2.24) is 4.90 Å². The van der Waals surface area contributed by atoms with Crippen LogP contribution in [0.5, 0.6) is 5.75 Å². The lowest BCUT2D eigenvalue weighted by molar-refractivity contribution is -0.131. The van der Waals surface area contributed by atoms with Gasteiger partial charge in [0.15, 0.2) is 0 Å². The Labute approximate surface area is 217 Å². The Hall–Kier alpha value is -3.99. The van der Waals surface area contributed by atoms with Crippen molar-refractivity contribution in [2.75, 3.05) is 13.6 Å². The van der Waals surface area contributed by atoms with Crippen LogP contribution in [0.4, 0.5) is 8.78 Å². The lowest BCUT2D eigenvalue weighted by Gasteiger charge is -2.25. The van der Waals surface area contributed by atoms with Crippen molar-refractivity contribution >= 4 is 5.91 Å². The minimum Gasteiger partial charge on any atom is -0.486 e. The van der Waals surface area contributed by atoms with E-state index >= 15 is 0 Å². The molecule has 0 aliphatic carbocycles. The molecule has 0 fully saturated rings. The number of carbonyl (C=O) groups excluding carboxylic acids is 1. The molecule has 4 rings (SSSR count). The van der Waals surface area contributed by atoms with Crippen LogP contribution in [-0.2, 0) is 11.5 Å². The van der Waals surface area contributed by atoms with Gasteiger partial charge in [0.2, 0.25) is 5.91 Å². The van der Waals surface area contributed by atoms with E-state index in [2.05, 4.69) is 0 Å². The van der Waals surface area contributed by atoms with E-state index in [-0.39, 0.29) is 17.8 Å². The largest absolute Gasteiger partial charge is 0.486 e. The third-order valence-corrected chi connectivity index (χ3v) is 6.58. The monoisotopic (exact) mass is 499 g/mol. The van der Waals surface area contributed by atoms with Gasteiger partial charge in [-0.2, -0.15) is 0 Å². The third kappa shape index (κ3) is 6.62. The van der Waals surface area contributed by atoms with Crippen molar-refractivity contribution in [3.8, 4) is 16.9 Å². The predicted octanol–water partition coefficient (Wildman–Crippen LogP) is 7.73. The minimum absolute atomic E-state index is 0.0917. The molecule has 4 aromatic rings. The Kier molecular flexibility index (Phi) is 8.68. The van der Waals surface area contributed by atoms with Crippen LogP contribution in [0.25, 0.3) is 11.1 Å². The molecule has 1 amide bonds. The minimum atomic E-state index is -0.521. The van der Waals surface area contributed by atoms with E-state index in [0.717, 1.165) is 11.1 Å². The van der Waals surface area contributed by atoms with Crippen LogP contribution in [0.1, 0.15) is 42.1 Å². The first-order valence-electron chi connectivity index (χ1n) is 12.4. The molecule has 0 bridgehead atoms. The van der Waals surface area contributed by atoms with Crippen LogP contribution in [0.15, 0.2) is 103 Å². The van der Waals surface area contributed by atoms with Gasteiger partial charge < -0.3 is 9.64 Å². The molecule has 3 nitrogen and oxygen atoms in total. The van der Waals surface area contributed by atoms with Crippen molar-refractivity contribution in [3.05, 3.63) is 126 Å². The van der Waals surface area contributed by atoms with E-state index in [9.17, 15) is 13.6 Å². The molecule has 5 heteroatoms. The molecule has 0 spiro atoms. The van der Waals surface area contributed by atoms with E-state index in [0.29, 0.717) is 35.4 Å². The third-order valence-electron chi connectivity index (χ3n) is 6.58. The smallest absolute Gasteiger partial charge is 0.229 e. The molecule has 0 aliphatic heterocycles. The van der Waals surface area contributed by atoms with E-state index < -0.39 is 12.6 Å². The number of amides is 1. The summed E-state index contributed by atoms with van der Waals surface area (Å²) in [5.74, 6) is -0.288. The Morgan fingerprint density at radius 2 is 1.51 bits per heavy atom. The summed E-state index contributed by atoms with van der Waals surface area (Å²) in [5, 5.41) is 0. The highest BCUT2D eigenvalue weighted by molar-refractivity contribution is 5.83. The molecule has 4 aromatic carbocycles. The summed E-state index contributed by atoms with van der Waals surface area (Å²) in [6, 6.07) is 31.1. The zero-order valence-corrected chi connectivity index (χ0v) is 21.1. The maximum absolute atomic E-state index is 14.9. The van der Waals surface area contributed by atoms with Crippen LogP contribution in [-0.4, -0.2) is 24.4 Å². The molecule has 37 heavy (non-hydrogen) atoms. The van der Waals surface area contributed by atoms with Gasteiger partial charge in [0.05, 0.1) is 5.92 Å². The average molecular weight is 500 g/mol. The van der Waals surface area contributed by atoms with E-state index in [4.69, 9.17) is 4.74 Å². The van der Waals surface area contributed by atoms with Gasteiger partial charge in [-0.3, -0.25) is 4.79 Å². The van der Waals surface area contributed by atoms with E-state index in [1.807, 2.05) is 66.7 Å². The van der Waals surface area contributed by atoms with Gasteiger partial charge in [-0.1, -0.05) is 84.9 Å². The second-order valence-corrected chi connectivity index (χ2v) is 9.17. The lowest BCUT2D eigenvalue weighted by Crippen LogP contribution is -2.32. The molecule has 0 heterocycles. The number of likely N-dealkylation sites (N-methyl/N-ethyl adjacent to an activating group) is 1. The fraction of sp³-hybridized carbons (Fsp3) is 0.219. The first-order chi connectivity index (χ1) is 18.0. The summed E-state index contributed by atoms with van der Waals surface area (Å²) < 4.78 is 34.0. The Morgan fingerprint density at radius 1 is 0.865 bits per heavy atom. The van der Waals surface area contributed by atoms with Crippen LogP contribution in [0.3, 0.4) is 0 Å². The van der Waals surface area contributed by atoms with Crippen molar-refractivity contribution in [2.24, 2.45) is 0 Å². The van der Waals surface area contributed by atoms with Gasteiger partial charge in [0.1, 0.15) is 24.3 Å². The molecule has 190 valence electrons. The van der Waals surface area contributed by atoms with Crippen molar-refractivity contribution in [1.29, 1.82) is 0 Å². The number of hydrogen-bond donors (Lipinski definition) is 0. The molecule has 0 saturated carbocycles. The highest BCUT2D eigenvalue weighted by atomic mass is 19.1. The van der Waals surface area contributed by atoms with E-state index in [1.54, 1.807) is 49.2 Å². The number of ether oxygens (including phenoxy) is 1. The number of halogens is 2. The second kappa shape index (κ2) is 12.3. The summed E-state index contributed by atoms with van der Waals surface area (Å²) in [6.07, 6.45) is 0.274. The highest BCUT2D eigenvalue weighted by Crippen LogP contribution is 2.28. The first kappa shape index (κ1) is 26.1. The maximum atomic E-state index is 14.9. The molecule has 0 N–H and O–H groups in total. The predicted molar refractivity (Wildman–Crippen MR) is 144 cm³/mol. The van der Waals surface area contributed by atoms with Gasteiger partial charge in [-0.25, -0.2) is 8.78 Å². The Morgan fingerprint density at radius 3 is 2.14 bits per heavy atom. The number of carbonyl (C=O) groups is 1. The Bertz CT molecular complexity index is 1290. The summed E-state index contributed by atoms with van der Waals surface area (Å²) >= 11 is 0. The van der Waals surface area contributed by atoms with Crippen LogP contribution >= 0.6 is 0 Å². The fourth-order valence-electron chi connectivity index (χ4n) is 4.33. The van der Waals surface area contributed by atoms with E-state index in [1.165, 1.54) is 6.07 Å². The molecule has 0 unspecified atom stereocenters. The molecule has 0 aromatic heterocycles. The zero-order chi connectivity index (χ0) is 26.2. The number of alkyl halides is 1. The fourth-order valence-corrected chi connectivity index (χ4v) is 4.33. The zero-order valence-electron chi connectivity index (χ0n) is 21.1. The number of rotatable bonds is 10. The Balaban J connectivity index is 1.43. The van der Waals surface area contributed by atoms with Crippen molar-refractivity contribution in [3.63, 3.8) is 0 Å². The van der Waals surface area contributed by atoms with Gasteiger partial charge in [0, 0.05) is 25.6 Å². The summed E-state index contributed by atoms with van der Waals surface area (Å²) in [7, 11) is 1.76. The van der Waals surface area contributed by atoms with Crippen LogP contribution in [0.2, 0.25) is 0 Å². The second-order valence-electron chi connectivity index (χ2n) is 9.17. The maximum Gasteiger partial charge on any atom is 0.229 e. The number of hydrogen-bond acceptors (Lipinski definition) is 2. The molecule has 0 radical (unpaired) electrons. The van der Waals surface area contributed by atoms with Crippen molar-refractivity contribution in [2.45, 2.75) is 32.0 Å². The number of nitrogens with zero attached hydrogens (tertiary/aromatic N) is 1.